The van der Waals surface area contributed by atoms with Crippen molar-refractivity contribution in [3.8, 4) is 0 Å². The summed E-state index contributed by atoms with van der Waals surface area (Å²) in [4.78, 5) is 3.86. The number of halogens is 3. The van der Waals surface area contributed by atoms with Gasteiger partial charge in [0.1, 0.15) is 12.4 Å². The molecular formula is C9H14F3N3O. The summed E-state index contributed by atoms with van der Waals surface area (Å²) in [5, 5.41) is 2.94. The molecule has 1 N–H and O–H groups in total. The number of methoxy groups -OCH3 is 1. The first-order valence-electron chi connectivity index (χ1n) is 4.79. The Bertz CT molecular complexity index is 311. The topological polar surface area (TPSA) is 39.1 Å². The molecule has 0 unspecified atom stereocenters. The Morgan fingerprint density at radius 1 is 1.50 bits per heavy atom. The van der Waals surface area contributed by atoms with Gasteiger partial charge in [-0.2, -0.15) is 13.2 Å². The summed E-state index contributed by atoms with van der Waals surface area (Å²) < 4.78 is 42.3. The van der Waals surface area contributed by atoms with Crippen LogP contribution in [0.25, 0.3) is 0 Å². The van der Waals surface area contributed by atoms with Crippen molar-refractivity contribution < 1.29 is 17.9 Å². The molecule has 0 radical (unpaired) electrons. The average Bonchev–Trinajstić information content (AvgIpc) is 2.58. The fourth-order valence-corrected chi connectivity index (χ4v) is 1.22. The van der Waals surface area contributed by atoms with Crippen LogP contribution in [0, 0.1) is 0 Å². The van der Waals surface area contributed by atoms with E-state index in [0.717, 1.165) is 4.57 Å². The molecule has 0 aliphatic rings. The highest BCUT2D eigenvalue weighted by Crippen LogP contribution is 2.18. The fraction of sp³-hybridized carbons (Fsp3) is 0.667. The summed E-state index contributed by atoms with van der Waals surface area (Å²) >= 11 is 0. The second-order valence-electron chi connectivity index (χ2n) is 3.26. The molecular weight excluding hydrogens is 223 g/mol. The van der Waals surface area contributed by atoms with Gasteiger partial charge in [-0.15, -0.1) is 0 Å². The molecule has 0 saturated heterocycles. The van der Waals surface area contributed by atoms with Gasteiger partial charge in [0, 0.05) is 26.0 Å². The van der Waals surface area contributed by atoms with Gasteiger partial charge in [0.05, 0.1) is 13.2 Å². The van der Waals surface area contributed by atoms with E-state index in [4.69, 9.17) is 4.74 Å². The monoisotopic (exact) mass is 237 g/mol. The van der Waals surface area contributed by atoms with Gasteiger partial charge in [-0.1, -0.05) is 0 Å². The number of aromatic nitrogens is 2. The molecule has 0 aromatic carbocycles. The van der Waals surface area contributed by atoms with Gasteiger partial charge >= 0.3 is 6.18 Å². The van der Waals surface area contributed by atoms with Crippen LogP contribution in [-0.4, -0.2) is 36.0 Å². The Labute approximate surface area is 91.4 Å². The van der Waals surface area contributed by atoms with Crippen molar-refractivity contribution in [2.45, 2.75) is 19.3 Å². The predicted octanol–water partition coefficient (Wildman–Crippen LogP) is 1.18. The zero-order valence-electron chi connectivity index (χ0n) is 8.92. The number of nitrogens with zero attached hydrogens (tertiary/aromatic N) is 2. The quantitative estimate of drug-likeness (QED) is 0.755. The van der Waals surface area contributed by atoms with Crippen LogP contribution in [0.4, 0.5) is 13.2 Å². The van der Waals surface area contributed by atoms with E-state index in [-0.39, 0.29) is 0 Å². The molecule has 0 aliphatic carbocycles. The molecule has 0 bridgehead atoms. The van der Waals surface area contributed by atoms with Gasteiger partial charge in [0.2, 0.25) is 0 Å². The molecule has 7 heteroatoms. The molecule has 0 atom stereocenters. The molecule has 0 spiro atoms. The van der Waals surface area contributed by atoms with Crippen LogP contribution < -0.4 is 5.32 Å². The summed E-state index contributed by atoms with van der Waals surface area (Å²) in [6, 6.07) is 0. The zero-order chi connectivity index (χ0) is 12.0. The fourth-order valence-electron chi connectivity index (χ4n) is 1.22. The van der Waals surface area contributed by atoms with Gasteiger partial charge in [-0.3, -0.25) is 0 Å². The predicted molar refractivity (Wildman–Crippen MR) is 51.9 cm³/mol. The van der Waals surface area contributed by atoms with Crippen molar-refractivity contribution in [1.82, 2.24) is 14.9 Å². The van der Waals surface area contributed by atoms with E-state index < -0.39 is 12.7 Å². The number of imidazole rings is 1. The number of hydrogen-bond donors (Lipinski definition) is 1. The highest BCUT2D eigenvalue weighted by atomic mass is 19.4. The van der Waals surface area contributed by atoms with E-state index in [1.54, 1.807) is 7.11 Å². The SMILES string of the molecule is COCCNCc1nccn1CC(F)(F)F. The lowest BCUT2D eigenvalue weighted by molar-refractivity contribution is -0.141. The van der Waals surface area contributed by atoms with Crippen molar-refractivity contribution in [3.05, 3.63) is 18.2 Å². The number of alkyl halides is 3. The van der Waals surface area contributed by atoms with Crippen molar-refractivity contribution >= 4 is 0 Å². The molecule has 1 aromatic heterocycles. The lowest BCUT2D eigenvalue weighted by Gasteiger charge is -2.11. The van der Waals surface area contributed by atoms with E-state index in [1.165, 1.54) is 12.4 Å². The van der Waals surface area contributed by atoms with Crippen molar-refractivity contribution in [2.75, 3.05) is 20.3 Å². The standard InChI is InChI=1S/C9H14F3N3O/c1-16-5-3-13-6-8-14-2-4-15(8)7-9(10,11)12/h2,4,13H,3,5-7H2,1H3. The Morgan fingerprint density at radius 3 is 2.88 bits per heavy atom. The Balaban J connectivity index is 2.44. The molecule has 0 fully saturated rings. The van der Waals surface area contributed by atoms with E-state index in [2.05, 4.69) is 10.3 Å². The second-order valence-corrected chi connectivity index (χ2v) is 3.26. The van der Waals surface area contributed by atoms with Gasteiger partial charge in [-0.05, 0) is 0 Å². The number of ether oxygens (including phenoxy) is 1. The van der Waals surface area contributed by atoms with E-state index in [1.807, 2.05) is 0 Å². The van der Waals surface area contributed by atoms with Crippen LogP contribution in [0.1, 0.15) is 5.82 Å². The average molecular weight is 237 g/mol. The summed E-state index contributed by atoms with van der Waals surface area (Å²) in [6.07, 6.45) is -1.54. The minimum Gasteiger partial charge on any atom is -0.383 e. The zero-order valence-corrected chi connectivity index (χ0v) is 8.92. The molecule has 1 aromatic rings. The van der Waals surface area contributed by atoms with Crippen LogP contribution in [0.5, 0.6) is 0 Å². The lowest BCUT2D eigenvalue weighted by atomic mass is 10.5. The van der Waals surface area contributed by atoms with E-state index in [0.29, 0.717) is 25.5 Å². The summed E-state index contributed by atoms with van der Waals surface area (Å²) in [5.41, 5.74) is 0. The van der Waals surface area contributed by atoms with Crippen LogP contribution in [0.3, 0.4) is 0 Å². The number of rotatable bonds is 6. The third-order valence-corrected chi connectivity index (χ3v) is 1.92. The highest BCUT2D eigenvalue weighted by Gasteiger charge is 2.28. The highest BCUT2D eigenvalue weighted by molar-refractivity contribution is 4.92. The Hall–Kier alpha value is -1.08. The maximum Gasteiger partial charge on any atom is 0.406 e. The summed E-state index contributed by atoms with van der Waals surface area (Å²) in [5.74, 6) is 0.369. The number of hydrogen-bond acceptors (Lipinski definition) is 3. The first-order valence-corrected chi connectivity index (χ1v) is 4.79. The molecule has 0 aliphatic heterocycles. The molecule has 16 heavy (non-hydrogen) atoms. The number of nitrogens with one attached hydrogen (secondary N) is 1. The van der Waals surface area contributed by atoms with Gasteiger partial charge in [0.15, 0.2) is 0 Å². The molecule has 92 valence electrons. The molecule has 4 nitrogen and oxygen atoms in total. The molecule has 0 saturated carbocycles. The lowest BCUT2D eigenvalue weighted by Crippen LogP contribution is -2.24. The Kier molecular flexibility index (Phi) is 4.75. The van der Waals surface area contributed by atoms with Crippen LogP contribution >= 0.6 is 0 Å². The molecule has 0 amide bonds. The maximum atomic E-state index is 12.2. The molecule has 1 heterocycles. The van der Waals surface area contributed by atoms with Crippen LogP contribution in [-0.2, 0) is 17.8 Å². The third kappa shape index (κ3) is 4.63. The maximum absolute atomic E-state index is 12.2. The third-order valence-electron chi connectivity index (χ3n) is 1.92. The Morgan fingerprint density at radius 2 is 2.25 bits per heavy atom. The van der Waals surface area contributed by atoms with Gasteiger partial charge < -0.3 is 14.6 Å². The normalized spacial score (nSPS) is 12.0. The summed E-state index contributed by atoms with van der Waals surface area (Å²) in [7, 11) is 1.56. The van der Waals surface area contributed by atoms with E-state index >= 15 is 0 Å². The smallest absolute Gasteiger partial charge is 0.383 e. The minimum absolute atomic E-state index is 0.298. The second kappa shape index (κ2) is 5.86. The summed E-state index contributed by atoms with van der Waals surface area (Å²) in [6.45, 7) is 0.385. The largest absolute Gasteiger partial charge is 0.406 e. The van der Waals surface area contributed by atoms with Crippen LogP contribution in [0.15, 0.2) is 12.4 Å². The van der Waals surface area contributed by atoms with Gasteiger partial charge in [0.25, 0.3) is 0 Å². The van der Waals surface area contributed by atoms with E-state index in [9.17, 15) is 13.2 Å². The van der Waals surface area contributed by atoms with Crippen molar-refractivity contribution in [1.29, 1.82) is 0 Å². The minimum atomic E-state index is -4.22. The first kappa shape index (κ1) is 13.0. The van der Waals surface area contributed by atoms with Gasteiger partial charge in [-0.25, -0.2) is 4.98 Å². The molecule has 1 rings (SSSR count). The first-order chi connectivity index (χ1) is 7.53. The van der Waals surface area contributed by atoms with Crippen molar-refractivity contribution in [3.63, 3.8) is 0 Å². The van der Waals surface area contributed by atoms with Crippen molar-refractivity contribution in [2.24, 2.45) is 0 Å². The van der Waals surface area contributed by atoms with Crippen LogP contribution in [0.2, 0.25) is 0 Å².